The molecule has 0 aliphatic carbocycles. The Morgan fingerprint density at radius 1 is 1.33 bits per heavy atom. The number of alkyl halides is 1. The number of rotatable bonds is 4. The summed E-state index contributed by atoms with van der Waals surface area (Å²) in [6.45, 7) is 4.15. The molecule has 0 aromatic heterocycles. The van der Waals surface area contributed by atoms with Gasteiger partial charge in [-0.05, 0) is 23.6 Å². The Bertz CT molecular complexity index is 339. The quantitative estimate of drug-likeness (QED) is 0.583. The van der Waals surface area contributed by atoms with Crippen molar-refractivity contribution in [3.8, 4) is 0 Å². The first-order chi connectivity index (χ1) is 6.94. The highest BCUT2D eigenvalue weighted by Gasteiger charge is 2.17. The van der Waals surface area contributed by atoms with Crippen molar-refractivity contribution in [3.05, 3.63) is 29.8 Å². The van der Waals surface area contributed by atoms with Crippen molar-refractivity contribution < 1.29 is 8.78 Å². The van der Waals surface area contributed by atoms with E-state index >= 15 is 0 Å². The van der Waals surface area contributed by atoms with Crippen LogP contribution < -0.4 is 0 Å². The molecule has 1 rings (SSSR count). The molecule has 0 N–H and O–H groups in total. The van der Waals surface area contributed by atoms with Crippen LogP contribution in [0.15, 0.2) is 23.1 Å². The van der Waals surface area contributed by atoms with E-state index in [1.807, 2.05) is 0 Å². The van der Waals surface area contributed by atoms with Crippen molar-refractivity contribution >= 4 is 27.7 Å². The number of hydrogen-bond acceptors (Lipinski definition) is 1. The predicted octanol–water partition coefficient (Wildman–Crippen LogP) is 4.48. The molecule has 0 atom stereocenters. The Morgan fingerprint density at radius 3 is 2.60 bits per heavy atom. The van der Waals surface area contributed by atoms with E-state index in [0.29, 0.717) is 4.90 Å². The standard InChI is InChI=1S/C11H13BrF2S/c1-11(2,6-12)7-15-10-5-8(13)3-4-9(10)14/h3-5H,6-7H2,1-2H3. The maximum absolute atomic E-state index is 13.2. The van der Waals surface area contributed by atoms with Crippen molar-refractivity contribution in [1.82, 2.24) is 0 Å². The summed E-state index contributed by atoms with van der Waals surface area (Å²) < 4.78 is 26.1. The molecular formula is C11H13BrF2S. The fourth-order valence-electron chi connectivity index (χ4n) is 0.900. The second kappa shape index (κ2) is 5.30. The number of halogens is 3. The normalized spacial score (nSPS) is 11.8. The molecule has 15 heavy (non-hydrogen) atoms. The van der Waals surface area contributed by atoms with E-state index in [-0.39, 0.29) is 11.2 Å². The molecule has 0 spiro atoms. The highest BCUT2D eigenvalue weighted by Crippen LogP contribution is 2.30. The maximum atomic E-state index is 13.2. The highest BCUT2D eigenvalue weighted by molar-refractivity contribution is 9.09. The molecule has 0 nitrogen and oxygen atoms in total. The van der Waals surface area contributed by atoms with Gasteiger partial charge in [0.15, 0.2) is 0 Å². The van der Waals surface area contributed by atoms with E-state index in [1.165, 1.54) is 23.9 Å². The van der Waals surface area contributed by atoms with Crippen LogP contribution in [0.5, 0.6) is 0 Å². The summed E-state index contributed by atoms with van der Waals surface area (Å²) in [7, 11) is 0. The van der Waals surface area contributed by atoms with E-state index in [2.05, 4.69) is 29.8 Å². The van der Waals surface area contributed by atoms with Gasteiger partial charge < -0.3 is 0 Å². The maximum Gasteiger partial charge on any atom is 0.136 e. The van der Waals surface area contributed by atoms with Gasteiger partial charge in [0.2, 0.25) is 0 Å². The lowest BCUT2D eigenvalue weighted by Crippen LogP contribution is -2.16. The highest BCUT2D eigenvalue weighted by atomic mass is 79.9. The Labute approximate surface area is 102 Å². The van der Waals surface area contributed by atoms with Gasteiger partial charge in [-0.2, -0.15) is 0 Å². The Hall–Kier alpha value is -0.0900. The van der Waals surface area contributed by atoms with Crippen LogP contribution in [0.4, 0.5) is 8.78 Å². The molecule has 84 valence electrons. The first-order valence-corrected chi connectivity index (χ1v) is 6.69. The molecule has 0 fully saturated rings. The third-order valence-electron chi connectivity index (χ3n) is 1.87. The van der Waals surface area contributed by atoms with Gasteiger partial charge in [-0.3, -0.25) is 0 Å². The minimum atomic E-state index is -0.393. The minimum Gasteiger partial charge on any atom is -0.207 e. The van der Waals surface area contributed by atoms with Crippen LogP contribution in [0.25, 0.3) is 0 Å². The van der Waals surface area contributed by atoms with Gasteiger partial charge in [-0.1, -0.05) is 29.8 Å². The molecule has 0 aliphatic heterocycles. The summed E-state index contributed by atoms with van der Waals surface area (Å²) in [4.78, 5) is 0.379. The molecule has 0 aliphatic rings. The van der Waals surface area contributed by atoms with Crippen LogP contribution in [0.3, 0.4) is 0 Å². The molecular weight excluding hydrogens is 282 g/mol. The van der Waals surface area contributed by atoms with Crippen LogP contribution in [0, 0.1) is 17.0 Å². The lowest BCUT2D eigenvalue weighted by atomic mass is 10.0. The van der Waals surface area contributed by atoms with Crippen molar-refractivity contribution in [2.75, 3.05) is 11.1 Å². The summed E-state index contributed by atoms with van der Waals surface area (Å²) in [5.41, 5.74) is 0.0728. The van der Waals surface area contributed by atoms with Gasteiger partial charge in [-0.15, -0.1) is 11.8 Å². The SMILES string of the molecule is CC(C)(CBr)CSc1cc(F)ccc1F. The Kier molecular flexibility index (Phi) is 4.59. The zero-order valence-corrected chi connectivity index (χ0v) is 11.1. The van der Waals surface area contributed by atoms with E-state index in [1.54, 1.807) is 0 Å². The van der Waals surface area contributed by atoms with Gasteiger partial charge in [0.05, 0.1) is 0 Å². The topological polar surface area (TPSA) is 0 Å². The summed E-state index contributed by atoms with van der Waals surface area (Å²) in [6.07, 6.45) is 0. The molecule has 0 radical (unpaired) electrons. The first-order valence-electron chi connectivity index (χ1n) is 4.58. The lowest BCUT2D eigenvalue weighted by Gasteiger charge is -2.20. The second-order valence-corrected chi connectivity index (χ2v) is 5.74. The number of benzene rings is 1. The Balaban J connectivity index is 2.69. The van der Waals surface area contributed by atoms with Crippen molar-refractivity contribution in [2.45, 2.75) is 18.7 Å². The average Bonchev–Trinajstić information content (AvgIpc) is 2.20. The minimum absolute atomic E-state index is 0.0728. The van der Waals surface area contributed by atoms with Gasteiger partial charge in [0.1, 0.15) is 11.6 Å². The largest absolute Gasteiger partial charge is 0.207 e. The van der Waals surface area contributed by atoms with Crippen molar-refractivity contribution in [2.24, 2.45) is 5.41 Å². The van der Waals surface area contributed by atoms with Gasteiger partial charge in [0, 0.05) is 16.0 Å². The third kappa shape index (κ3) is 4.11. The van der Waals surface area contributed by atoms with E-state index in [9.17, 15) is 8.78 Å². The number of hydrogen-bond donors (Lipinski definition) is 0. The zero-order chi connectivity index (χ0) is 11.5. The Morgan fingerprint density at radius 2 is 2.00 bits per heavy atom. The lowest BCUT2D eigenvalue weighted by molar-refractivity contribution is 0.495. The summed E-state index contributed by atoms with van der Waals surface area (Å²) in [6, 6.07) is 3.54. The fraction of sp³-hybridized carbons (Fsp3) is 0.455. The molecule has 1 aromatic rings. The first kappa shape index (κ1) is 13.0. The molecule has 1 aromatic carbocycles. The third-order valence-corrected chi connectivity index (χ3v) is 4.94. The van der Waals surface area contributed by atoms with Crippen LogP contribution >= 0.6 is 27.7 Å². The van der Waals surface area contributed by atoms with Crippen molar-refractivity contribution in [3.63, 3.8) is 0 Å². The van der Waals surface area contributed by atoms with Crippen LogP contribution in [-0.2, 0) is 0 Å². The van der Waals surface area contributed by atoms with Crippen LogP contribution in [-0.4, -0.2) is 11.1 Å². The van der Waals surface area contributed by atoms with Gasteiger partial charge in [0.25, 0.3) is 0 Å². The predicted molar refractivity (Wildman–Crippen MR) is 64.7 cm³/mol. The van der Waals surface area contributed by atoms with Gasteiger partial charge in [-0.25, -0.2) is 8.78 Å². The van der Waals surface area contributed by atoms with E-state index in [4.69, 9.17) is 0 Å². The van der Waals surface area contributed by atoms with Crippen LogP contribution in [0.2, 0.25) is 0 Å². The number of thioether (sulfide) groups is 1. The van der Waals surface area contributed by atoms with Gasteiger partial charge >= 0.3 is 0 Å². The summed E-state index contributed by atoms with van der Waals surface area (Å²) >= 11 is 4.74. The zero-order valence-electron chi connectivity index (χ0n) is 8.69. The van der Waals surface area contributed by atoms with Crippen LogP contribution in [0.1, 0.15) is 13.8 Å². The summed E-state index contributed by atoms with van der Waals surface area (Å²) in [5.74, 6) is 0.000783. The van der Waals surface area contributed by atoms with Crippen molar-refractivity contribution in [1.29, 1.82) is 0 Å². The second-order valence-electron chi connectivity index (χ2n) is 4.16. The monoisotopic (exact) mass is 294 g/mol. The molecule has 0 saturated heterocycles. The summed E-state index contributed by atoms with van der Waals surface area (Å²) in [5, 5.41) is 0.837. The fourth-order valence-corrected chi connectivity index (χ4v) is 2.41. The smallest absolute Gasteiger partial charge is 0.136 e. The van der Waals surface area contributed by atoms with E-state index in [0.717, 1.165) is 17.1 Å². The molecule has 0 bridgehead atoms. The molecule has 0 saturated carbocycles. The molecule has 0 heterocycles. The average molecular weight is 295 g/mol. The molecule has 0 amide bonds. The van der Waals surface area contributed by atoms with E-state index < -0.39 is 5.82 Å². The molecule has 4 heteroatoms. The molecule has 0 unspecified atom stereocenters.